The Morgan fingerprint density at radius 2 is 1.11 bits per heavy atom. The largest absolute Gasteiger partial charge is 0.456 e. The Kier molecular flexibility index (Phi) is 6.01. The number of rotatable bonds is 4. The molecule has 0 amide bonds. The van der Waals surface area contributed by atoms with Crippen LogP contribution in [-0.4, -0.2) is 9.97 Å². The van der Waals surface area contributed by atoms with E-state index in [-0.39, 0.29) is 0 Å². The van der Waals surface area contributed by atoms with Gasteiger partial charge < -0.3 is 4.42 Å². The molecule has 3 heteroatoms. The van der Waals surface area contributed by atoms with Crippen LogP contribution >= 0.6 is 0 Å². The average molecular weight is 591 g/mol. The Labute approximate surface area is 266 Å². The van der Waals surface area contributed by atoms with Gasteiger partial charge in [0.1, 0.15) is 11.2 Å². The molecule has 0 saturated heterocycles. The van der Waals surface area contributed by atoms with Crippen LogP contribution in [0.2, 0.25) is 0 Å². The second-order valence-electron chi connectivity index (χ2n) is 12.1. The lowest BCUT2D eigenvalue weighted by Gasteiger charge is -2.16. The van der Waals surface area contributed by atoms with E-state index in [2.05, 4.69) is 129 Å². The zero-order valence-corrected chi connectivity index (χ0v) is 25.7. The molecule has 218 valence electrons. The van der Waals surface area contributed by atoms with Crippen molar-refractivity contribution >= 4 is 54.3 Å². The normalized spacial score (nSPS) is 11.8. The number of fused-ring (bicyclic) bond motifs is 9. The summed E-state index contributed by atoms with van der Waals surface area (Å²) in [5, 5.41) is 9.94. The van der Waals surface area contributed by atoms with Crippen LogP contribution in [0.25, 0.3) is 87.9 Å². The van der Waals surface area contributed by atoms with Gasteiger partial charge in [0.15, 0.2) is 5.82 Å². The Hall–Kier alpha value is -5.80. The Morgan fingerprint density at radius 1 is 0.500 bits per heavy atom. The summed E-state index contributed by atoms with van der Waals surface area (Å²) in [6, 6.07) is 45.3. The minimum Gasteiger partial charge on any atom is -0.456 e. The lowest BCUT2D eigenvalue weighted by molar-refractivity contribution is 0.669. The van der Waals surface area contributed by atoms with E-state index in [0.29, 0.717) is 0 Å². The van der Waals surface area contributed by atoms with E-state index in [1.165, 1.54) is 43.4 Å². The molecule has 0 radical (unpaired) electrons. The van der Waals surface area contributed by atoms with Gasteiger partial charge >= 0.3 is 0 Å². The van der Waals surface area contributed by atoms with Gasteiger partial charge in [0.25, 0.3) is 0 Å². The minimum absolute atomic E-state index is 0.738. The van der Waals surface area contributed by atoms with Crippen molar-refractivity contribution in [1.29, 1.82) is 0 Å². The van der Waals surface area contributed by atoms with Crippen molar-refractivity contribution in [2.75, 3.05) is 0 Å². The van der Waals surface area contributed by atoms with Crippen LogP contribution in [0.15, 0.2) is 138 Å². The summed E-state index contributed by atoms with van der Waals surface area (Å²) in [7, 11) is 0. The van der Waals surface area contributed by atoms with Crippen LogP contribution in [0.1, 0.15) is 18.2 Å². The highest BCUT2D eigenvalue weighted by molar-refractivity contribution is 6.26. The van der Waals surface area contributed by atoms with Crippen molar-refractivity contribution in [3.8, 4) is 33.6 Å². The van der Waals surface area contributed by atoms with Gasteiger partial charge in [-0.15, -0.1) is 0 Å². The van der Waals surface area contributed by atoms with Crippen molar-refractivity contribution < 1.29 is 4.42 Å². The Bertz CT molecular complexity index is 2650. The van der Waals surface area contributed by atoms with E-state index in [1.54, 1.807) is 0 Å². The van der Waals surface area contributed by atoms with Crippen molar-refractivity contribution in [3.05, 3.63) is 145 Å². The van der Waals surface area contributed by atoms with Crippen molar-refractivity contribution in [2.24, 2.45) is 0 Å². The molecule has 0 bridgehead atoms. The van der Waals surface area contributed by atoms with Gasteiger partial charge in [-0.1, -0.05) is 104 Å². The van der Waals surface area contributed by atoms with Crippen LogP contribution in [0, 0.1) is 6.92 Å². The van der Waals surface area contributed by atoms with Crippen LogP contribution in [0.3, 0.4) is 0 Å². The van der Waals surface area contributed by atoms with Crippen LogP contribution in [-0.2, 0) is 6.42 Å². The summed E-state index contributed by atoms with van der Waals surface area (Å²) in [4.78, 5) is 10.1. The third-order valence-corrected chi connectivity index (χ3v) is 9.41. The topological polar surface area (TPSA) is 38.9 Å². The summed E-state index contributed by atoms with van der Waals surface area (Å²) in [6.45, 7) is 4.38. The fourth-order valence-electron chi connectivity index (χ4n) is 7.14. The molecule has 2 heterocycles. The molecule has 0 unspecified atom stereocenters. The highest BCUT2D eigenvalue weighted by atomic mass is 16.3. The molecule has 0 spiro atoms. The molecule has 0 aliphatic rings. The number of hydrogen-bond acceptors (Lipinski definition) is 3. The molecular weight excluding hydrogens is 560 g/mol. The quantitative estimate of drug-likeness (QED) is 0.191. The molecule has 7 aromatic carbocycles. The summed E-state index contributed by atoms with van der Waals surface area (Å²) in [6.07, 6.45) is 2.83. The zero-order chi connectivity index (χ0) is 30.8. The summed E-state index contributed by atoms with van der Waals surface area (Å²) >= 11 is 0. The first kappa shape index (κ1) is 26.6. The van der Waals surface area contributed by atoms with Crippen molar-refractivity contribution in [1.82, 2.24) is 9.97 Å². The molecule has 0 saturated carbocycles. The van der Waals surface area contributed by atoms with Crippen molar-refractivity contribution in [3.63, 3.8) is 0 Å². The number of furan rings is 1. The smallest absolute Gasteiger partial charge is 0.159 e. The van der Waals surface area contributed by atoms with Gasteiger partial charge in [0.2, 0.25) is 0 Å². The lowest BCUT2D eigenvalue weighted by Crippen LogP contribution is -1.99. The Balaban J connectivity index is 1.14. The number of para-hydroxylation sites is 1. The lowest BCUT2D eigenvalue weighted by atomic mass is 9.89. The predicted octanol–water partition coefficient (Wildman–Crippen LogP) is 11.7. The van der Waals surface area contributed by atoms with E-state index >= 15 is 0 Å². The second-order valence-corrected chi connectivity index (χ2v) is 12.1. The van der Waals surface area contributed by atoms with Gasteiger partial charge in [-0.3, -0.25) is 0 Å². The second kappa shape index (κ2) is 10.4. The SMILES string of the molecule is CCc1nc(-c2cccc(-c3ccc4c(c3)oc3ccccc34)c2)ncc1-c1cc2c3ccccc3c3ccccc3c2cc1C. The number of hydrogen-bond donors (Lipinski definition) is 0. The molecule has 3 nitrogen and oxygen atoms in total. The highest BCUT2D eigenvalue weighted by Crippen LogP contribution is 2.39. The third kappa shape index (κ3) is 4.13. The molecule has 9 rings (SSSR count). The van der Waals surface area contributed by atoms with E-state index in [4.69, 9.17) is 14.4 Å². The first-order valence-electron chi connectivity index (χ1n) is 15.9. The number of nitrogens with zero attached hydrogens (tertiary/aromatic N) is 2. The molecule has 46 heavy (non-hydrogen) atoms. The molecular formula is C43H30N2O. The van der Waals surface area contributed by atoms with Crippen LogP contribution < -0.4 is 0 Å². The fourth-order valence-corrected chi connectivity index (χ4v) is 7.14. The van der Waals surface area contributed by atoms with Gasteiger partial charge in [-0.25, -0.2) is 9.97 Å². The summed E-state index contributed by atoms with van der Waals surface area (Å²) in [5.41, 5.74) is 9.56. The number of benzene rings is 7. The van der Waals surface area contributed by atoms with Crippen LogP contribution in [0.4, 0.5) is 0 Å². The average Bonchev–Trinajstić information content (AvgIpc) is 3.49. The standard InChI is InChI=1S/C43H30N2O/c1-3-40-39(36-24-38-33-16-7-5-14-31(33)30-13-4-6-15-32(30)37(38)21-26(36)2)25-44-43(45-40)29-12-10-11-27(22-29)28-19-20-35-34-17-8-9-18-41(34)46-42(35)23-28/h4-25H,3H2,1-2H3. The summed E-state index contributed by atoms with van der Waals surface area (Å²) in [5.74, 6) is 0.738. The maximum Gasteiger partial charge on any atom is 0.159 e. The molecule has 0 aliphatic heterocycles. The molecule has 2 aromatic heterocycles. The van der Waals surface area contributed by atoms with Crippen molar-refractivity contribution in [2.45, 2.75) is 20.3 Å². The fraction of sp³-hybridized carbons (Fsp3) is 0.0698. The predicted molar refractivity (Wildman–Crippen MR) is 192 cm³/mol. The molecule has 0 aliphatic carbocycles. The number of aryl methyl sites for hydroxylation is 2. The molecule has 0 atom stereocenters. The molecule has 0 N–H and O–H groups in total. The van der Waals surface area contributed by atoms with E-state index in [9.17, 15) is 0 Å². The third-order valence-electron chi connectivity index (χ3n) is 9.41. The van der Waals surface area contributed by atoms with E-state index < -0.39 is 0 Å². The maximum atomic E-state index is 6.17. The highest BCUT2D eigenvalue weighted by Gasteiger charge is 2.16. The van der Waals surface area contributed by atoms with Gasteiger partial charge in [-0.05, 0) is 98.2 Å². The summed E-state index contributed by atoms with van der Waals surface area (Å²) < 4.78 is 6.17. The number of aromatic nitrogens is 2. The van der Waals surface area contributed by atoms with Gasteiger partial charge in [-0.2, -0.15) is 0 Å². The minimum atomic E-state index is 0.738. The first-order chi connectivity index (χ1) is 22.7. The zero-order valence-electron chi connectivity index (χ0n) is 25.7. The Morgan fingerprint density at radius 3 is 1.85 bits per heavy atom. The van der Waals surface area contributed by atoms with E-state index in [1.807, 2.05) is 18.3 Å². The van der Waals surface area contributed by atoms with E-state index in [0.717, 1.165) is 62.1 Å². The van der Waals surface area contributed by atoms with Gasteiger partial charge in [0.05, 0.1) is 5.69 Å². The van der Waals surface area contributed by atoms with Crippen LogP contribution in [0.5, 0.6) is 0 Å². The first-order valence-corrected chi connectivity index (χ1v) is 15.9. The van der Waals surface area contributed by atoms with Gasteiger partial charge in [0, 0.05) is 28.1 Å². The monoisotopic (exact) mass is 590 g/mol. The molecule has 0 fully saturated rings. The molecule has 9 aromatic rings. The maximum absolute atomic E-state index is 6.17.